The Balaban J connectivity index is 1.57. The van der Waals surface area contributed by atoms with Gasteiger partial charge in [0, 0.05) is 33.7 Å². The lowest BCUT2D eigenvalue weighted by molar-refractivity contribution is 0.0953. The highest BCUT2D eigenvalue weighted by Crippen LogP contribution is 2.30. The van der Waals surface area contributed by atoms with Gasteiger partial charge >= 0.3 is 0 Å². The van der Waals surface area contributed by atoms with Crippen LogP contribution < -0.4 is 10.7 Å². The normalized spacial score (nSPS) is 14.2. The summed E-state index contributed by atoms with van der Waals surface area (Å²) in [5, 5.41) is 6.68. The standard InChI is InChI=1S/C23H18BrF2N3O3/c1-12-20-18(28-29-22(30)13-5-7-14(24)8-6-13)3-2-4-19(20)32-21(12)23(31)27-17-10-9-15(25)11-16(17)26/h5-11H,2-4H2,1H3,(H,27,31)(H,29,30)/b28-18+. The number of amides is 2. The third kappa shape index (κ3) is 4.47. The third-order valence-electron chi connectivity index (χ3n) is 5.11. The van der Waals surface area contributed by atoms with Gasteiger partial charge in [0.05, 0.1) is 11.4 Å². The number of hydrogen-bond acceptors (Lipinski definition) is 4. The topological polar surface area (TPSA) is 83.7 Å². The summed E-state index contributed by atoms with van der Waals surface area (Å²) >= 11 is 3.32. The molecule has 9 heteroatoms. The van der Waals surface area contributed by atoms with Gasteiger partial charge in [-0.2, -0.15) is 5.10 Å². The van der Waals surface area contributed by atoms with Gasteiger partial charge in [-0.25, -0.2) is 14.2 Å². The molecule has 1 aliphatic rings. The van der Waals surface area contributed by atoms with Crippen molar-refractivity contribution in [2.75, 3.05) is 5.32 Å². The predicted molar refractivity (Wildman–Crippen MR) is 119 cm³/mol. The zero-order valence-electron chi connectivity index (χ0n) is 17.0. The number of nitrogens with zero attached hydrogens (tertiary/aromatic N) is 1. The second-order valence-electron chi connectivity index (χ2n) is 7.29. The van der Waals surface area contributed by atoms with Crippen LogP contribution in [0.15, 0.2) is 56.5 Å². The number of aryl methyl sites for hydroxylation is 1. The Morgan fingerprint density at radius 3 is 2.53 bits per heavy atom. The van der Waals surface area contributed by atoms with Crippen molar-refractivity contribution in [3.05, 3.63) is 86.8 Å². The molecule has 0 spiro atoms. The number of benzene rings is 2. The van der Waals surface area contributed by atoms with Gasteiger partial charge < -0.3 is 9.73 Å². The van der Waals surface area contributed by atoms with E-state index in [-0.39, 0.29) is 17.4 Å². The minimum absolute atomic E-state index is 0.0209. The van der Waals surface area contributed by atoms with Crippen LogP contribution in [0.1, 0.15) is 50.6 Å². The van der Waals surface area contributed by atoms with Crippen LogP contribution in [0, 0.1) is 18.6 Å². The van der Waals surface area contributed by atoms with Gasteiger partial charge in [-0.3, -0.25) is 9.59 Å². The molecule has 2 amide bonds. The Morgan fingerprint density at radius 1 is 1.06 bits per heavy atom. The molecular weight excluding hydrogens is 484 g/mol. The average Bonchev–Trinajstić information content (AvgIpc) is 3.12. The highest BCUT2D eigenvalue weighted by molar-refractivity contribution is 9.10. The number of nitrogens with one attached hydrogen (secondary N) is 2. The van der Waals surface area contributed by atoms with Crippen LogP contribution in [0.4, 0.5) is 14.5 Å². The summed E-state index contributed by atoms with van der Waals surface area (Å²) in [6.07, 6.45) is 1.94. The summed E-state index contributed by atoms with van der Waals surface area (Å²) in [5.41, 5.74) is 4.66. The number of carbonyl (C=O) groups excluding carboxylic acids is 2. The molecule has 0 saturated carbocycles. The van der Waals surface area contributed by atoms with E-state index in [1.807, 2.05) is 0 Å². The summed E-state index contributed by atoms with van der Waals surface area (Å²) in [5.74, 6) is -2.03. The van der Waals surface area contributed by atoms with E-state index in [0.717, 1.165) is 23.0 Å². The minimum Gasteiger partial charge on any atom is -0.455 e. The maximum atomic E-state index is 13.9. The number of fused-ring (bicyclic) bond motifs is 1. The second-order valence-corrected chi connectivity index (χ2v) is 8.21. The van der Waals surface area contributed by atoms with Crippen LogP contribution >= 0.6 is 15.9 Å². The largest absolute Gasteiger partial charge is 0.455 e. The monoisotopic (exact) mass is 501 g/mol. The second kappa shape index (κ2) is 9.04. The Kier molecular flexibility index (Phi) is 6.18. The molecule has 32 heavy (non-hydrogen) atoms. The van der Waals surface area contributed by atoms with Crippen LogP contribution in [0.2, 0.25) is 0 Å². The quantitative estimate of drug-likeness (QED) is 0.472. The van der Waals surface area contributed by atoms with Gasteiger partial charge in [0.2, 0.25) is 0 Å². The first-order valence-electron chi connectivity index (χ1n) is 9.85. The molecule has 4 rings (SSSR count). The summed E-state index contributed by atoms with van der Waals surface area (Å²) in [6.45, 7) is 1.70. The van der Waals surface area contributed by atoms with E-state index in [9.17, 15) is 18.4 Å². The van der Waals surface area contributed by atoms with Crippen molar-refractivity contribution in [1.82, 2.24) is 5.43 Å². The number of carbonyl (C=O) groups is 2. The van der Waals surface area contributed by atoms with E-state index in [4.69, 9.17) is 4.42 Å². The summed E-state index contributed by atoms with van der Waals surface area (Å²) < 4.78 is 33.6. The van der Waals surface area contributed by atoms with E-state index in [1.54, 1.807) is 31.2 Å². The molecule has 1 heterocycles. The van der Waals surface area contributed by atoms with Crippen molar-refractivity contribution in [2.45, 2.75) is 26.2 Å². The van der Waals surface area contributed by atoms with Crippen LogP contribution in [0.25, 0.3) is 0 Å². The molecule has 0 saturated heterocycles. The lowest BCUT2D eigenvalue weighted by Gasteiger charge is -2.13. The molecule has 6 nitrogen and oxygen atoms in total. The maximum absolute atomic E-state index is 13.9. The molecule has 164 valence electrons. The Bertz CT molecular complexity index is 1240. The minimum atomic E-state index is -0.884. The molecule has 2 aromatic carbocycles. The average molecular weight is 502 g/mol. The van der Waals surface area contributed by atoms with Gasteiger partial charge in [-0.1, -0.05) is 15.9 Å². The molecule has 0 unspecified atom stereocenters. The molecular formula is C23H18BrF2N3O3. The van der Waals surface area contributed by atoms with Gasteiger partial charge in [-0.05, 0) is 56.2 Å². The molecule has 3 aromatic rings. The van der Waals surface area contributed by atoms with E-state index >= 15 is 0 Å². The molecule has 1 aliphatic carbocycles. The Labute approximate surface area is 190 Å². The van der Waals surface area contributed by atoms with Gasteiger partial charge in [0.25, 0.3) is 11.8 Å². The van der Waals surface area contributed by atoms with Crippen molar-refractivity contribution in [2.24, 2.45) is 5.10 Å². The number of hydrogen-bond donors (Lipinski definition) is 2. The summed E-state index contributed by atoms with van der Waals surface area (Å²) in [4.78, 5) is 25.1. The van der Waals surface area contributed by atoms with Gasteiger partial charge in [0.1, 0.15) is 17.4 Å². The first-order chi connectivity index (χ1) is 15.3. The molecule has 0 fully saturated rings. The van der Waals surface area contributed by atoms with Crippen molar-refractivity contribution in [3.8, 4) is 0 Å². The molecule has 2 N–H and O–H groups in total. The highest BCUT2D eigenvalue weighted by atomic mass is 79.9. The predicted octanol–water partition coefficient (Wildman–Crippen LogP) is 5.35. The van der Waals surface area contributed by atoms with Crippen LogP contribution in [-0.2, 0) is 6.42 Å². The lowest BCUT2D eigenvalue weighted by atomic mass is 9.93. The van der Waals surface area contributed by atoms with Crippen LogP contribution in [0.3, 0.4) is 0 Å². The van der Waals surface area contributed by atoms with Crippen LogP contribution in [0.5, 0.6) is 0 Å². The molecule has 0 atom stereocenters. The summed E-state index contributed by atoms with van der Waals surface area (Å²) in [7, 11) is 0. The number of furan rings is 1. The fourth-order valence-electron chi connectivity index (χ4n) is 3.55. The van der Waals surface area contributed by atoms with E-state index in [2.05, 4.69) is 31.8 Å². The van der Waals surface area contributed by atoms with Crippen molar-refractivity contribution in [3.63, 3.8) is 0 Å². The fourth-order valence-corrected chi connectivity index (χ4v) is 3.82. The lowest BCUT2D eigenvalue weighted by Crippen LogP contribution is -2.22. The summed E-state index contributed by atoms with van der Waals surface area (Å²) in [6, 6.07) is 9.75. The Hall–Kier alpha value is -3.33. The van der Waals surface area contributed by atoms with E-state index < -0.39 is 17.5 Å². The first-order valence-corrected chi connectivity index (χ1v) is 10.6. The number of halogens is 3. The molecule has 0 aliphatic heterocycles. The number of anilines is 1. The van der Waals surface area contributed by atoms with E-state index in [0.29, 0.717) is 47.1 Å². The first kappa shape index (κ1) is 21.9. The highest BCUT2D eigenvalue weighted by Gasteiger charge is 2.28. The van der Waals surface area contributed by atoms with Gasteiger partial charge in [-0.15, -0.1) is 0 Å². The zero-order valence-corrected chi connectivity index (χ0v) is 18.6. The van der Waals surface area contributed by atoms with Crippen molar-refractivity contribution < 1.29 is 22.8 Å². The Morgan fingerprint density at radius 2 is 1.81 bits per heavy atom. The molecule has 0 radical (unpaired) electrons. The molecule has 1 aromatic heterocycles. The van der Waals surface area contributed by atoms with Crippen molar-refractivity contribution in [1.29, 1.82) is 0 Å². The number of rotatable bonds is 4. The van der Waals surface area contributed by atoms with E-state index in [1.165, 1.54) is 0 Å². The smallest absolute Gasteiger partial charge is 0.291 e. The fraction of sp³-hybridized carbons (Fsp3) is 0.174. The third-order valence-corrected chi connectivity index (χ3v) is 5.64. The maximum Gasteiger partial charge on any atom is 0.291 e. The SMILES string of the molecule is Cc1c(C(=O)Nc2ccc(F)cc2F)oc2c1/C(=N/NC(=O)c1ccc(Br)cc1)CCC2. The van der Waals surface area contributed by atoms with Crippen molar-refractivity contribution >= 4 is 39.1 Å². The van der Waals surface area contributed by atoms with Crippen LogP contribution in [-0.4, -0.2) is 17.5 Å². The molecule has 0 bridgehead atoms. The van der Waals surface area contributed by atoms with Gasteiger partial charge in [0.15, 0.2) is 5.76 Å². The zero-order chi connectivity index (χ0) is 22.8. The number of hydrazone groups is 1.